The Morgan fingerprint density at radius 1 is 0.509 bits per heavy atom. The molecule has 23 heteroatoms. The molecule has 0 saturated heterocycles. The Kier molecular flexibility index (Phi) is 23.4. The van der Waals surface area contributed by atoms with E-state index in [0.717, 1.165) is 52.6 Å². The van der Waals surface area contributed by atoms with Gasteiger partial charge in [-0.2, -0.15) is 0 Å². The molecule has 0 atom stereocenters. The van der Waals surface area contributed by atoms with Gasteiger partial charge < -0.3 is 78.5 Å². The predicted octanol–water partition coefficient (Wildman–Crippen LogP) is 15.0. The molecule has 0 aliphatic carbocycles. The van der Waals surface area contributed by atoms with E-state index in [1.54, 1.807) is 0 Å². The Bertz CT molecular complexity index is 1590. The van der Waals surface area contributed by atoms with Crippen LogP contribution in [0.4, 0.5) is 69.1 Å². The summed E-state index contributed by atoms with van der Waals surface area (Å²) in [5.74, 6) is 3.30. The first-order chi connectivity index (χ1) is 26.2. The molecule has 4 rings (SSSR count). The summed E-state index contributed by atoms with van der Waals surface area (Å²) in [5, 5.41) is 0. The second-order valence-electron chi connectivity index (χ2n) is 11.0. The van der Waals surface area contributed by atoms with E-state index in [9.17, 15) is 69.1 Å². The molecule has 1 aromatic heterocycles. The van der Waals surface area contributed by atoms with E-state index in [2.05, 4.69) is 73.7 Å². The van der Waals surface area contributed by atoms with Crippen LogP contribution in [0.2, 0.25) is 0 Å². The third kappa shape index (κ3) is 31.1. The van der Waals surface area contributed by atoms with Gasteiger partial charge in [0.15, 0.2) is 11.5 Å². The molecule has 57 heavy (non-hydrogen) atoms. The lowest BCUT2D eigenvalue weighted by molar-refractivity contribution is 0.287. The van der Waals surface area contributed by atoms with E-state index >= 15 is 0 Å². The number of unbranched alkanes of at least 4 members (excludes halogenated alkanes) is 2. The lowest BCUT2D eigenvalue weighted by Crippen LogP contribution is -2.02. The number of rotatable bonds is 12. The largest absolute Gasteiger partial charge is 0.673 e. The van der Waals surface area contributed by atoms with Crippen molar-refractivity contribution in [3.8, 4) is 33.9 Å². The maximum absolute atomic E-state index is 9.75. The van der Waals surface area contributed by atoms with Crippen LogP contribution in [0.25, 0.3) is 34.1 Å². The van der Waals surface area contributed by atoms with Crippen LogP contribution in [-0.2, 0) is 0 Å². The summed E-state index contributed by atoms with van der Waals surface area (Å²) in [6.07, 6.45) is 6.61. The minimum atomic E-state index is -6.00. The molecule has 0 bridgehead atoms. The number of ether oxygens (including phenoxy) is 2. The van der Waals surface area contributed by atoms with Crippen LogP contribution in [0.15, 0.2) is 95.4 Å². The fourth-order valence-corrected chi connectivity index (χ4v) is 4.39. The molecule has 3 nitrogen and oxygen atoms in total. The second kappa shape index (κ2) is 25.5. The first kappa shape index (κ1) is 52.3. The average Bonchev–Trinajstić information content (AvgIpc) is 3.07. The fraction of sp³-hybridized carbons (Fsp3) is 0.265. The second-order valence-corrected chi connectivity index (χ2v) is 11.0. The molecule has 0 spiro atoms. The van der Waals surface area contributed by atoms with Crippen molar-refractivity contribution in [3.63, 3.8) is 0 Å². The molecule has 0 fully saturated rings. The van der Waals surface area contributed by atoms with E-state index in [1.807, 2.05) is 44.2 Å². The van der Waals surface area contributed by atoms with Gasteiger partial charge in [0.2, 0.25) is 0 Å². The number of hydrogen-bond acceptors (Lipinski definition) is 2. The van der Waals surface area contributed by atoms with E-state index in [1.165, 1.54) is 24.0 Å². The topological polar surface area (TPSA) is 29.8 Å². The predicted molar refractivity (Wildman–Crippen MR) is 196 cm³/mol. The lowest BCUT2D eigenvalue weighted by Gasteiger charge is -2.11. The fourth-order valence-electron chi connectivity index (χ4n) is 4.39. The molecule has 0 amide bonds. The van der Waals surface area contributed by atoms with Gasteiger partial charge in [-0.05, 0) is 68.2 Å². The van der Waals surface area contributed by atoms with Crippen molar-refractivity contribution in [3.05, 3.63) is 102 Å². The van der Waals surface area contributed by atoms with E-state index in [4.69, 9.17) is 13.9 Å². The zero-order valence-electron chi connectivity index (χ0n) is 30.6. The zero-order valence-corrected chi connectivity index (χ0v) is 30.6. The van der Waals surface area contributed by atoms with Crippen LogP contribution in [-0.4, -0.2) is 42.2 Å². The van der Waals surface area contributed by atoms with Crippen molar-refractivity contribution < 1.29 is 82.9 Å². The normalized spacial score (nSPS) is 11.6. The quantitative estimate of drug-likeness (QED) is 0.0616. The van der Waals surface area contributed by atoms with Crippen molar-refractivity contribution in [1.82, 2.24) is 0 Å². The highest BCUT2D eigenvalue weighted by Crippen LogP contribution is 2.35. The van der Waals surface area contributed by atoms with Gasteiger partial charge in [-0.15, -0.1) is 0 Å². The maximum atomic E-state index is 9.75. The number of allylic oxidation sites excluding steroid dienone is 1. The molecule has 4 aromatic rings. The Morgan fingerprint density at radius 2 is 0.947 bits per heavy atom. The molecule has 0 radical (unpaired) electrons. The van der Waals surface area contributed by atoms with Gasteiger partial charge in [0, 0.05) is 5.56 Å². The summed E-state index contributed by atoms with van der Waals surface area (Å²) in [6, 6.07) is 31.3. The summed E-state index contributed by atoms with van der Waals surface area (Å²) >= 11 is 0. The van der Waals surface area contributed by atoms with Crippen molar-refractivity contribution >= 4 is 40.7 Å². The monoisotopic (exact) mass is 841 g/mol. The SMILES string of the molecule is CCCCCC(=Cc1ccc(OCC)c(OCC)c1)c1cc(-c2ccccc2)cc(-c2ccccc2)[o+]1.F[B-](F)(F)F.F[B-](F)(F)F.F[B-](F)(F)F.F[B-](F)(F)F. The smallest absolute Gasteiger partial charge is 0.490 e. The molecular formula is C34H37B4F16O3-3. The van der Waals surface area contributed by atoms with E-state index < -0.39 is 29.0 Å². The molecule has 0 unspecified atom stereocenters. The number of hydrogen-bond donors (Lipinski definition) is 0. The maximum Gasteiger partial charge on any atom is 0.673 e. The minimum Gasteiger partial charge on any atom is -0.490 e. The van der Waals surface area contributed by atoms with Gasteiger partial charge in [-0.1, -0.05) is 74.4 Å². The summed E-state index contributed by atoms with van der Waals surface area (Å²) in [6.45, 7) is 7.41. The Morgan fingerprint density at radius 3 is 1.39 bits per heavy atom. The molecule has 3 aromatic carbocycles. The summed E-state index contributed by atoms with van der Waals surface area (Å²) in [4.78, 5) is 0. The average molecular weight is 841 g/mol. The minimum absolute atomic E-state index is 0.589. The molecule has 0 aliphatic heterocycles. The summed E-state index contributed by atoms with van der Waals surface area (Å²) < 4.78 is 174. The van der Waals surface area contributed by atoms with Crippen LogP contribution in [0.1, 0.15) is 57.8 Å². The van der Waals surface area contributed by atoms with Crippen LogP contribution >= 0.6 is 0 Å². The standard InChI is InChI=1S/C34H37O3.4BF4/c1-4-7-10-19-29(22-26-20-21-31(35-5-2)34(23-26)36-6-3)33-25-30(27-15-11-8-12-16-27)24-32(37-33)28-17-13-9-14-18-28;4*2-1(3,4)5/h8-9,11-18,20-25H,4-7,10,19H2,1-3H3;;;;/q+1;4*-1. The number of benzene rings is 3. The van der Waals surface area contributed by atoms with Crippen LogP contribution in [0.3, 0.4) is 0 Å². The van der Waals surface area contributed by atoms with Crippen molar-refractivity contribution in [2.75, 3.05) is 13.2 Å². The van der Waals surface area contributed by atoms with Gasteiger partial charge in [-0.25, -0.2) is 4.42 Å². The Hall–Kier alpha value is -4.71. The van der Waals surface area contributed by atoms with E-state index in [0.29, 0.717) is 13.2 Å². The van der Waals surface area contributed by atoms with E-state index in [-0.39, 0.29) is 0 Å². The van der Waals surface area contributed by atoms with Gasteiger partial charge in [0.25, 0.3) is 0 Å². The first-order valence-corrected chi connectivity index (χ1v) is 16.9. The Labute approximate surface area is 319 Å². The third-order valence-electron chi connectivity index (χ3n) is 6.23. The molecule has 0 saturated carbocycles. The zero-order chi connectivity index (χ0) is 43.9. The van der Waals surface area contributed by atoms with Gasteiger partial charge in [-0.3, -0.25) is 0 Å². The highest BCUT2D eigenvalue weighted by atomic mass is 19.5. The first-order valence-electron chi connectivity index (χ1n) is 16.9. The lowest BCUT2D eigenvalue weighted by atomic mass is 9.98. The summed E-state index contributed by atoms with van der Waals surface area (Å²) in [5.41, 5.74) is 5.62. The third-order valence-corrected chi connectivity index (χ3v) is 6.23. The van der Waals surface area contributed by atoms with Crippen molar-refractivity contribution in [2.24, 2.45) is 0 Å². The summed E-state index contributed by atoms with van der Waals surface area (Å²) in [7, 11) is -24.0. The van der Waals surface area contributed by atoms with Crippen LogP contribution in [0.5, 0.6) is 11.5 Å². The molecule has 0 aliphatic rings. The van der Waals surface area contributed by atoms with Crippen molar-refractivity contribution in [1.29, 1.82) is 0 Å². The highest BCUT2D eigenvalue weighted by Gasteiger charge is 2.24. The van der Waals surface area contributed by atoms with Crippen LogP contribution < -0.4 is 9.47 Å². The molecule has 318 valence electrons. The van der Waals surface area contributed by atoms with Crippen molar-refractivity contribution in [2.45, 2.75) is 46.5 Å². The highest BCUT2D eigenvalue weighted by molar-refractivity contribution is 6.51. The molecule has 0 N–H and O–H groups in total. The van der Waals surface area contributed by atoms with Gasteiger partial charge >= 0.3 is 40.5 Å². The van der Waals surface area contributed by atoms with Gasteiger partial charge in [0.1, 0.15) is 0 Å². The molecule has 1 heterocycles. The van der Waals surface area contributed by atoms with Gasteiger partial charge in [0.05, 0.1) is 36.5 Å². The number of halogens is 16. The van der Waals surface area contributed by atoms with Crippen LogP contribution in [0, 0.1) is 0 Å². The Balaban J connectivity index is 0.00000129. The molecular weight excluding hydrogens is 804 g/mol.